The summed E-state index contributed by atoms with van der Waals surface area (Å²) >= 11 is 1.26. The summed E-state index contributed by atoms with van der Waals surface area (Å²) in [6.45, 7) is 6.06. The lowest BCUT2D eigenvalue weighted by Gasteiger charge is -2.12. The number of hydrogen-bond donors (Lipinski definition) is 2. The third kappa shape index (κ3) is 4.65. The largest absolute Gasteiger partial charge is 0.508 e. The van der Waals surface area contributed by atoms with Gasteiger partial charge in [0, 0.05) is 5.69 Å². The fraction of sp³-hybridized carbons (Fsp3) is 0.263. The summed E-state index contributed by atoms with van der Waals surface area (Å²) in [7, 11) is 0. The molecule has 0 unspecified atom stereocenters. The van der Waals surface area contributed by atoms with Crippen molar-refractivity contribution < 1.29 is 9.90 Å². The highest BCUT2D eigenvalue weighted by Gasteiger charge is 2.19. The predicted molar refractivity (Wildman–Crippen MR) is 105 cm³/mol. The molecule has 1 amide bonds. The predicted octanol–water partition coefficient (Wildman–Crippen LogP) is 3.61. The number of aromatic nitrogens is 4. The van der Waals surface area contributed by atoms with Crippen molar-refractivity contribution in [2.24, 2.45) is 0 Å². The molecule has 0 radical (unpaired) electrons. The summed E-state index contributed by atoms with van der Waals surface area (Å²) in [4.78, 5) is 12.5. The minimum atomic E-state index is -0.392. The average molecular weight is 383 g/mol. The summed E-state index contributed by atoms with van der Waals surface area (Å²) < 4.78 is 1.53. The van der Waals surface area contributed by atoms with Crippen LogP contribution in [0.5, 0.6) is 5.75 Å². The van der Waals surface area contributed by atoms with Gasteiger partial charge >= 0.3 is 0 Å². The van der Waals surface area contributed by atoms with E-state index in [0.29, 0.717) is 16.8 Å². The summed E-state index contributed by atoms with van der Waals surface area (Å²) in [5.74, 6) is 0.484. The van der Waals surface area contributed by atoms with Crippen LogP contribution in [-0.4, -0.2) is 36.5 Å². The van der Waals surface area contributed by atoms with E-state index in [1.807, 2.05) is 24.3 Å². The lowest BCUT2D eigenvalue weighted by Crippen LogP contribution is -2.23. The number of tetrazole rings is 1. The normalized spacial score (nSPS) is 12.1. The van der Waals surface area contributed by atoms with Gasteiger partial charge < -0.3 is 10.4 Å². The van der Waals surface area contributed by atoms with Crippen LogP contribution in [0.25, 0.3) is 5.69 Å². The second kappa shape index (κ2) is 8.22. The van der Waals surface area contributed by atoms with Crippen molar-refractivity contribution in [1.82, 2.24) is 20.2 Å². The first-order chi connectivity index (χ1) is 12.9. The number of nitrogens with zero attached hydrogens (tertiary/aromatic N) is 4. The SMILES string of the molecule is CC(C)c1ccc(NC(=O)[C@H](C)Sc2nnnn2-c2ccc(O)cc2)cc1. The molecule has 7 nitrogen and oxygen atoms in total. The number of phenols is 1. The molecule has 0 spiro atoms. The maximum absolute atomic E-state index is 12.5. The maximum atomic E-state index is 12.5. The molecule has 140 valence electrons. The smallest absolute Gasteiger partial charge is 0.237 e. The Labute approximate surface area is 161 Å². The molecule has 3 rings (SSSR count). The van der Waals surface area contributed by atoms with Crippen molar-refractivity contribution in [1.29, 1.82) is 0 Å². The van der Waals surface area contributed by atoms with E-state index in [1.165, 1.54) is 22.0 Å². The topological polar surface area (TPSA) is 92.9 Å². The highest BCUT2D eigenvalue weighted by Crippen LogP contribution is 2.25. The van der Waals surface area contributed by atoms with Gasteiger partial charge in [0.1, 0.15) is 5.75 Å². The van der Waals surface area contributed by atoms with Gasteiger partial charge in [-0.2, -0.15) is 4.68 Å². The van der Waals surface area contributed by atoms with E-state index in [4.69, 9.17) is 0 Å². The average Bonchev–Trinajstić information content (AvgIpc) is 3.10. The molecule has 27 heavy (non-hydrogen) atoms. The van der Waals surface area contributed by atoms with Gasteiger partial charge in [0.05, 0.1) is 10.9 Å². The number of rotatable bonds is 6. The molecule has 0 saturated heterocycles. The van der Waals surface area contributed by atoms with Crippen molar-refractivity contribution in [3.63, 3.8) is 0 Å². The van der Waals surface area contributed by atoms with E-state index < -0.39 is 5.25 Å². The van der Waals surface area contributed by atoms with Crippen molar-refractivity contribution in [2.75, 3.05) is 5.32 Å². The van der Waals surface area contributed by atoms with E-state index in [0.717, 1.165) is 5.69 Å². The molecule has 0 aliphatic heterocycles. The summed E-state index contributed by atoms with van der Waals surface area (Å²) in [5, 5.41) is 24.1. The number of anilines is 1. The number of carbonyl (C=O) groups excluding carboxylic acids is 1. The van der Waals surface area contributed by atoms with Crippen LogP contribution in [0.4, 0.5) is 5.69 Å². The van der Waals surface area contributed by atoms with Gasteiger partial charge in [0.25, 0.3) is 0 Å². The Morgan fingerprint density at radius 2 is 1.74 bits per heavy atom. The van der Waals surface area contributed by atoms with E-state index in [-0.39, 0.29) is 11.7 Å². The van der Waals surface area contributed by atoms with Gasteiger partial charge in [0.2, 0.25) is 11.1 Å². The number of benzene rings is 2. The quantitative estimate of drug-likeness (QED) is 0.632. The molecule has 1 atom stereocenters. The standard InChI is InChI=1S/C19H21N5O2S/c1-12(2)14-4-6-15(7-5-14)20-18(26)13(3)27-19-21-22-23-24(19)16-8-10-17(25)11-9-16/h4-13,25H,1-3H3,(H,20,26)/t13-/m0/s1. The maximum Gasteiger partial charge on any atom is 0.237 e. The van der Waals surface area contributed by atoms with E-state index in [9.17, 15) is 9.90 Å². The van der Waals surface area contributed by atoms with Crippen LogP contribution in [-0.2, 0) is 4.79 Å². The monoisotopic (exact) mass is 383 g/mol. The molecule has 0 aliphatic carbocycles. The van der Waals surface area contributed by atoms with E-state index >= 15 is 0 Å². The second-order valence-electron chi connectivity index (χ2n) is 6.42. The third-order valence-corrected chi connectivity index (χ3v) is 5.06. The highest BCUT2D eigenvalue weighted by atomic mass is 32.2. The van der Waals surface area contributed by atoms with Crippen molar-refractivity contribution in [3.05, 3.63) is 54.1 Å². The molecule has 3 aromatic rings. The molecule has 2 aromatic carbocycles. The zero-order chi connectivity index (χ0) is 19.4. The molecule has 1 heterocycles. The first kappa shape index (κ1) is 18.9. The molecule has 0 aliphatic rings. The van der Waals surface area contributed by atoms with Gasteiger partial charge in [-0.3, -0.25) is 4.79 Å². The Hall–Kier alpha value is -2.87. The number of carbonyl (C=O) groups is 1. The second-order valence-corrected chi connectivity index (χ2v) is 7.72. The number of thioether (sulfide) groups is 1. The Balaban J connectivity index is 1.67. The first-order valence-electron chi connectivity index (χ1n) is 8.59. The summed E-state index contributed by atoms with van der Waals surface area (Å²) in [6.07, 6.45) is 0. The number of aromatic hydroxyl groups is 1. The lowest BCUT2D eigenvalue weighted by molar-refractivity contribution is -0.115. The molecular formula is C19H21N5O2S. The van der Waals surface area contributed by atoms with E-state index in [2.05, 4.69) is 34.7 Å². The molecule has 1 aromatic heterocycles. The lowest BCUT2D eigenvalue weighted by atomic mass is 10.0. The van der Waals surface area contributed by atoms with Crippen molar-refractivity contribution in [2.45, 2.75) is 37.1 Å². The van der Waals surface area contributed by atoms with Crippen LogP contribution < -0.4 is 5.32 Å². The molecular weight excluding hydrogens is 362 g/mol. The van der Waals surface area contributed by atoms with Gasteiger partial charge in [-0.15, -0.1) is 5.10 Å². The van der Waals surface area contributed by atoms with Gasteiger partial charge in [0.15, 0.2) is 0 Å². The van der Waals surface area contributed by atoms with Crippen molar-refractivity contribution >= 4 is 23.4 Å². The van der Waals surface area contributed by atoms with Gasteiger partial charge in [-0.05, 0) is 65.2 Å². The first-order valence-corrected chi connectivity index (χ1v) is 9.47. The number of nitrogens with one attached hydrogen (secondary N) is 1. The zero-order valence-corrected chi connectivity index (χ0v) is 16.1. The highest BCUT2D eigenvalue weighted by molar-refractivity contribution is 8.00. The number of phenolic OH excluding ortho intramolecular Hbond substituents is 1. The van der Waals surface area contributed by atoms with Crippen LogP contribution in [0.3, 0.4) is 0 Å². The fourth-order valence-electron chi connectivity index (χ4n) is 2.42. The third-order valence-electron chi connectivity index (χ3n) is 4.03. The summed E-state index contributed by atoms with van der Waals surface area (Å²) in [5.41, 5.74) is 2.69. The number of amides is 1. The zero-order valence-electron chi connectivity index (χ0n) is 15.3. The molecule has 2 N–H and O–H groups in total. The van der Waals surface area contributed by atoms with E-state index in [1.54, 1.807) is 31.2 Å². The van der Waals surface area contributed by atoms with Crippen LogP contribution in [0.1, 0.15) is 32.3 Å². The molecule has 0 bridgehead atoms. The summed E-state index contributed by atoms with van der Waals surface area (Å²) in [6, 6.07) is 14.4. The van der Waals surface area contributed by atoms with Crippen LogP contribution in [0.15, 0.2) is 53.7 Å². The number of hydrogen-bond acceptors (Lipinski definition) is 6. The van der Waals surface area contributed by atoms with Gasteiger partial charge in [-0.1, -0.05) is 37.7 Å². The fourth-order valence-corrected chi connectivity index (χ4v) is 3.22. The van der Waals surface area contributed by atoms with Crippen LogP contribution >= 0.6 is 11.8 Å². The Kier molecular flexibility index (Phi) is 5.75. The van der Waals surface area contributed by atoms with Crippen LogP contribution in [0, 0.1) is 0 Å². The van der Waals surface area contributed by atoms with Crippen molar-refractivity contribution in [3.8, 4) is 11.4 Å². The Morgan fingerprint density at radius 1 is 1.07 bits per heavy atom. The Bertz CT molecular complexity index is 907. The Morgan fingerprint density at radius 3 is 2.37 bits per heavy atom. The van der Waals surface area contributed by atoms with Gasteiger partial charge in [-0.25, -0.2) is 0 Å². The molecule has 8 heteroatoms. The minimum absolute atomic E-state index is 0.127. The van der Waals surface area contributed by atoms with Crippen LogP contribution in [0.2, 0.25) is 0 Å². The molecule has 0 saturated carbocycles. The minimum Gasteiger partial charge on any atom is -0.508 e. The molecule has 0 fully saturated rings.